The summed E-state index contributed by atoms with van der Waals surface area (Å²) in [4.78, 5) is 0. The first kappa shape index (κ1) is 6.02. The van der Waals surface area contributed by atoms with Crippen molar-refractivity contribution in [3.63, 3.8) is 0 Å². The molecule has 0 spiro atoms. The van der Waals surface area contributed by atoms with Crippen LogP contribution < -0.4 is 0 Å². The molecule has 0 radical (unpaired) electrons. The van der Waals surface area contributed by atoms with Gasteiger partial charge in [0.1, 0.15) is 6.17 Å². The van der Waals surface area contributed by atoms with Crippen LogP contribution in [0.4, 0.5) is 4.39 Å². The smallest absolute Gasteiger partial charge is 0.126 e. The minimum atomic E-state index is -0.731. The van der Waals surface area contributed by atoms with E-state index in [0.29, 0.717) is 6.42 Å². The minimum absolute atomic E-state index is 0.209. The molecule has 1 rings (SSSR count). The van der Waals surface area contributed by atoms with Gasteiger partial charge in [-0.1, -0.05) is 0 Å². The summed E-state index contributed by atoms with van der Waals surface area (Å²) in [5.41, 5.74) is -0.209. The van der Waals surface area contributed by atoms with Crippen LogP contribution in [-0.2, 0) is 4.74 Å². The van der Waals surface area contributed by atoms with Crippen LogP contribution in [0, 0.1) is 0 Å². The minimum Gasteiger partial charge on any atom is -0.372 e. The average Bonchev–Trinajstić information content (AvgIpc) is 1.82. The fourth-order valence-corrected chi connectivity index (χ4v) is 0.967. The fourth-order valence-electron chi connectivity index (χ4n) is 0.967. The monoisotopic (exact) mass is 118 g/mol. The zero-order chi connectivity index (χ0) is 6.20. The van der Waals surface area contributed by atoms with Crippen molar-refractivity contribution < 1.29 is 9.13 Å². The van der Waals surface area contributed by atoms with Gasteiger partial charge in [0.05, 0.1) is 12.2 Å². The second kappa shape index (κ2) is 1.69. The van der Waals surface area contributed by atoms with E-state index in [2.05, 4.69) is 0 Å². The highest BCUT2D eigenvalue weighted by Gasteiger charge is 2.31. The lowest BCUT2D eigenvalue weighted by atomic mass is 10.1. The van der Waals surface area contributed by atoms with E-state index in [0.717, 1.165) is 0 Å². The summed E-state index contributed by atoms with van der Waals surface area (Å²) in [6.45, 7) is 4.10. The van der Waals surface area contributed by atoms with Gasteiger partial charge in [0, 0.05) is 6.42 Å². The molecule has 1 saturated heterocycles. The van der Waals surface area contributed by atoms with E-state index in [1.165, 1.54) is 0 Å². The molecule has 1 unspecified atom stereocenters. The quantitative estimate of drug-likeness (QED) is 0.468. The zero-order valence-corrected chi connectivity index (χ0v) is 5.28. The molecule has 48 valence electrons. The van der Waals surface area contributed by atoms with Crippen molar-refractivity contribution in [1.29, 1.82) is 0 Å². The summed E-state index contributed by atoms with van der Waals surface area (Å²) in [6, 6.07) is 0. The van der Waals surface area contributed by atoms with E-state index in [1.807, 2.05) is 13.8 Å². The van der Waals surface area contributed by atoms with Crippen LogP contribution in [-0.4, -0.2) is 18.4 Å². The van der Waals surface area contributed by atoms with Gasteiger partial charge in [0.2, 0.25) is 0 Å². The number of alkyl halides is 1. The molecule has 1 nitrogen and oxygen atoms in total. The van der Waals surface area contributed by atoms with Gasteiger partial charge in [0.25, 0.3) is 0 Å². The standard InChI is InChI=1S/C6H11FO/c1-6(2)3-5(7)4-8-6/h5H,3-4H2,1-2H3. The zero-order valence-electron chi connectivity index (χ0n) is 5.28. The van der Waals surface area contributed by atoms with Gasteiger partial charge in [-0.05, 0) is 13.8 Å². The van der Waals surface area contributed by atoms with E-state index in [9.17, 15) is 4.39 Å². The Kier molecular flexibility index (Phi) is 1.27. The van der Waals surface area contributed by atoms with Crippen LogP contribution in [0.5, 0.6) is 0 Å². The molecule has 0 bridgehead atoms. The lowest BCUT2D eigenvalue weighted by Gasteiger charge is -2.14. The van der Waals surface area contributed by atoms with E-state index < -0.39 is 6.17 Å². The first-order chi connectivity index (χ1) is 3.60. The molecule has 8 heavy (non-hydrogen) atoms. The van der Waals surface area contributed by atoms with Gasteiger partial charge >= 0.3 is 0 Å². The Labute approximate surface area is 48.8 Å². The second-order valence-corrected chi connectivity index (χ2v) is 2.87. The van der Waals surface area contributed by atoms with Crippen LogP contribution in [0.3, 0.4) is 0 Å². The maximum Gasteiger partial charge on any atom is 0.126 e. The highest BCUT2D eigenvalue weighted by atomic mass is 19.1. The summed E-state index contributed by atoms with van der Waals surface area (Å²) in [5, 5.41) is 0. The predicted octanol–water partition coefficient (Wildman–Crippen LogP) is 1.52. The highest BCUT2D eigenvalue weighted by molar-refractivity contribution is 4.80. The summed E-state index contributed by atoms with van der Waals surface area (Å²) in [6.07, 6.45) is -0.183. The molecule has 1 aliphatic heterocycles. The molecular weight excluding hydrogens is 107 g/mol. The maximum absolute atomic E-state index is 12.3. The normalized spacial score (nSPS) is 35.6. The Hall–Kier alpha value is -0.110. The second-order valence-electron chi connectivity index (χ2n) is 2.87. The fraction of sp³-hybridized carbons (Fsp3) is 1.00. The Bertz CT molecular complexity index is 90.5. The maximum atomic E-state index is 12.3. The third-order valence-electron chi connectivity index (χ3n) is 1.37. The van der Waals surface area contributed by atoms with Gasteiger partial charge in [0.15, 0.2) is 0 Å². The molecule has 1 fully saturated rings. The molecule has 0 saturated carbocycles. The van der Waals surface area contributed by atoms with Gasteiger partial charge in [-0.25, -0.2) is 4.39 Å². The molecule has 2 heteroatoms. The van der Waals surface area contributed by atoms with Crippen molar-refractivity contribution in [1.82, 2.24) is 0 Å². The Morgan fingerprint density at radius 3 is 2.38 bits per heavy atom. The third-order valence-corrected chi connectivity index (χ3v) is 1.37. The number of rotatable bonds is 0. The SMILES string of the molecule is CC1(C)CC(F)CO1. The van der Waals surface area contributed by atoms with Crippen LogP contribution in [0.15, 0.2) is 0 Å². The van der Waals surface area contributed by atoms with Crippen molar-refractivity contribution in [3.8, 4) is 0 Å². The molecule has 0 N–H and O–H groups in total. The molecule has 0 aliphatic carbocycles. The average molecular weight is 118 g/mol. The number of hydrogen-bond acceptors (Lipinski definition) is 1. The molecule has 1 atom stereocenters. The van der Waals surface area contributed by atoms with Crippen molar-refractivity contribution in [2.24, 2.45) is 0 Å². The van der Waals surface area contributed by atoms with E-state index in [-0.39, 0.29) is 12.2 Å². The summed E-state index contributed by atoms with van der Waals surface area (Å²) < 4.78 is 17.4. The van der Waals surface area contributed by atoms with Gasteiger partial charge < -0.3 is 4.74 Å². The van der Waals surface area contributed by atoms with E-state index in [1.54, 1.807) is 0 Å². The van der Waals surface area contributed by atoms with Crippen molar-refractivity contribution >= 4 is 0 Å². The lowest BCUT2D eigenvalue weighted by molar-refractivity contribution is 0.0341. The van der Waals surface area contributed by atoms with Crippen LogP contribution >= 0.6 is 0 Å². The Morgan fingerprint density at radius 1 is 1.62 bits per heavy atom. The van der Waals surface area contributed by atoms with Crippen LogP contribution in [0.2, 0.25) is 0 Å². The first-order valence-corrected chi connectivity index (χ1v) is 2.88. The van der Waals surface area contributed by atoms with Gasteiger partial charge in [-0.15, -0.1) is 0 Å². The molecule has 1 aliphatic rings. The Balaban J connectivity index is 2.44. The summed E-state index contributed by atoms with van der Waals surface area (Å²) in [7, 11) is 0. The van der Waals surface area contributed by atoms with Crippen molar-refractivity contribution in [3.05, 3.63) is 0 Å². The van der Waals surface area contributed by atoms with E-state index in [4.69, 9.17) is 4.74 Å². The highest BCUT2D eigenvalue weighted by Crippen LogP contribution is 2.25. The molecular formula is C6H11FO. The number of halogens is 1. The Morgan fingerprint density at radius 2 is 2.25 bits per heavy atom. The summed E-state index contributed by atoms with van der Waals surface area (Å²) in [5.74, 6) is 0. The van der Waals surface area contributed by atoms with E-state index >= 15 is 0 Å². The lowest BCUT2D eigenvalue weighted by Crippen LogP contribution is -2.16. The largest absolute Gasteiger partial charge is 0.372 e. The topological polar surface area (TPSA) is 9.23 Å². The molecule has 0 aromatic carbocycles. The molecule has 0 amide bonds. The number of hydrogen-bond donors (Lipinski definition) is 0. The van der Waals surface area contributed by atoms with Crippen LogP contribution in [0.25, 0.3) is 0 Å². The number of ether oxygens (including phenoxy) is 1. The summed E-state index contributed by atoms with van der Waals surface area (Å²) >= 11 is 0. The van der Waals surface area contributed by atoms with Crippen molar-refractivity contribution in [2.75, 3.05) is 6.61 Å². The molecule has 0 aromatic rings. The first-order valence-electron chi connectivity index (χ1n) is 2.88. The van der Waals surface area contributed by atoms with Crippen LogP contribution in [0.1, 0.15) is 20.3 Å². The van der Waals surface area contributed by atoms with Gasteiger partial charge in [-0.3, -0.25) is 0 Å². The predicted molar refractivity (Wildman–Crippen MR) is 29.5 cm³/mol. The van der Waals surface area contributed by atoms with Crippen molar-refractivity contribution in [2.45, 2.75) is 32.0 Å². The molecule has 0 aromatic heterocycles. The van der Waals surface area contributed by atoms with Gasteiger partial charge in [-0.2, -0.15) is 0 Å². The third kappa shape index (κ3) is 1.19. The molecule has 1 heterocycles.